The van der Waals surface area contributed by atoms with Crippen molar-refractivity contribution in [3.8, 4) is 0 Å². The summed E-state index contributed by atoms with van der Waals surface area (Å²) in [5, 5.41) is 6.78. The molecule has 0 radical (unpaired) electrons. The van der Waals surface area contributed by atoms with Crippen LogP contribution in [0.4, 0.5) is 17.5 Å². The molecule has 0 atom stereocenters. The van der Waals surface area contributed by atoms with Gasteiger partial charge in [-0.15, -0.1) is 0 Å². The Bertz CT molecular complexity index is 867. The van der Waals surface area contributed by atoms with E-state index in [2.05, 4.69) is 71.7 Å². The number of anilines is 3. The Morgan fingerprint density at radius 2 is 1.58 bits per heavy atom. The van der Waals surface area contributed by atoms with E-state index in [1.54, 1.807) is 0 Å². The van der Waals surface area contributed by atoms with Crippen molar-refractivity contribution in [1.29, 1.82) is 0 Å². The SMILES string of the molecule is Cc1cc(NCc2ccccc2)nc(Nc2ccccc2C(C)(C)C)n1. The van der Waals surface area contributed by atoms with E-state index in [0.717, 1.165) is 23.7 Å². The molecule has 4 heteroatoms. The average molecular weight is 346 g/mol. The second kappa shape index (κ2) is 7.56. The maximum atomic E-state index is 4.63. The standard InChI is InChI=1S/C22H26N4/c1-16-14-20(23-15-17-10-6-5-7-11-17)26-21(24-16)25-19-13-9-8-12-18(19)22(2,3)4/h5-14H,15H2,1-4H3,(H2,23,24,25,26). The number of para-hydroxylation sites is 1. The van der Waals surface area contributed by atoms with Crippen molar-refractivity contribution in [3.63, 3.8) is 0 Å². The molecule has 0 spiro atoms. The lowest BCUT2D eigenvalue weighted by molar-refractivity contribution is 0.592. The smallest absolute Gasteiger partial charge is 0.229 e. The summed E-state index contributed by atoms with van der Waals surface area (Å²) < 4.78 is 0. The van der Waals surface area contributed by atoms with Gasteiger partial charge in [0.05, 0.1) is 0 Å². The van der Waals surface area contributed by atoms with Gasteiger partial charge in [0.1, 0.15) is 5.82 Å². The first-order valence-electron chi connectivity index (χ1n) is 8.92. The van der Waals surface area contributed by atoms with Crippen molar-refractivity contribution in [2.75, 3.05) is 10.6 Å². The minimum absolute atomic E-state index is 0.0435. The number of benzene rings is 2. The largest absolute Gasteiger partial charge is 0.366 e. The van der Waals surface area contributed by atoms with E-state index in [-0.39, 0.29) is 5.41 Å². The Balaban J connectivity index is 1.80. The molecular weight excluding hydrogens is 320 g/mol. The van der Waals surface area contributed by atoms with Crippen LogP contribution in [0.2, 0.25) is 0 Å². The van der Waals surface area contributed by atoms with Crippen LogP contribution < -0.4 is 10.6 Å². The van der Waals surface area contributed by atoms with Crippen molar-refractivity contribution in [1.82, 2.24) is 9.97 Å². The molecule has 4 nitrogen and oxygen atoms in total. The van der Waals surface area contributed by atoms with Crippen LogP contribution in [0.1, 0.15) is 37.6 Å². The van der Waals surface area contributed by atoms with Gasteiger partial charge in [-0.1, -0.05) is 69.3 Å². The molecule has 26 heavy (non-hydrogen) atoms. The van der Waals surface area contributed by atoms with Gasteiger partial charge in [-0.25, -0.2) is 4.98 Å². The fourth-order valence-electron chi connectivity index (χ4n) is 2.87. The molecule has 1 heterocycles. The molecule has 0 unspecified atom stereocenters. The lowest BCUT2D eigenvalue weighted by Gasteiger charge is -2.23. The molecule has 0 bridgehead atoms. The Kier molecular flexibility index (Phi) is 5.21. The number of rotatable bonds is 5. The predicted molar refractivity (Wildman–Crippen MR) is 109 cm³/mol. The number of nitrogens with zero attached hydrogens (tertiary/aromatic N) is 2. The maximum absolute atomic E-state index is 4.63. The summed E-state index contributed by atoms with van der Waals surface area (Å²) in [6, 6.07) is 20.6. The highest BCUT2D eigenvalue weighted by Gasteiger charge is 2.18. The molecule has 0 amide bonds. The summed E-state index contributed by atoms with van der Waals surface area (Å²) in [5.41, 5.74) is 4.47. The monoisotopic (exact) mass is 346 g/mol. The summed E-state index contributed by atoms with van der Waals surface area (Å²) in [6.07, 6.45) is 0. The Hall–Kier alpha value is -2.88. The van der Waals surface area contributed by atoms with Crippen LogP contribution in [0.3, 0.4) is 0 Å². The summed E-state index contributed by atoms with van der Waals surface area (Å²) in [5.74, 6) is 1.43. The lowest BCUT2D eigenvalue weighted by Crippen LogP contribution is -2.14. The summed E-state index contributed by atoms with van der Waals surface area (Å²) in [4.78, 5) is 9.18. The van der Waals surface area contributed by atoms with Gasteiger partial charge in [0, 0.05) is 24.0 Å². The van der Waals surface area contributed by atoms with Gasteiger partial charge in [-0.2, -0.15) is 4.98 Å². The van der Waals surface area contributed by atoms with E-state index < -0.39 is 0 Å². The summed E-state index contributed by atoms with van der Waals surface area (Å²) in [7, 11) is 0. The zero-order chi connectivity index (χ0) is 18.6. The summed E-state index contributed by atoms with van der Waals surface area (Å²) >= 11 is 0. The van der Waals surface area contributed by atoms with Gasteiger partial charge in [-0.3, -0.25) is 0 Å². The maximum Gasteiger partial charge on any atom is 0.229 e. The van der Waals surface area contributed by atoms with Crippen LogP contribution in [0, 0.1) is 6.92 Å². The van der Waals surface area contributed by atoms with Gasteiger partial charge < -0.3 is 10.6 Å². The highest BCUT2D eigenvalue weighted by atomic mass is 15.1. The molecule has 0 saturated carbocycles. The molecule has 1 aromatic heterocycles. The molecule has 2 N–H and O–H groups in total. The Morgan fingerprint density at radius 3 is 2.31 bits per heavy atom. The lowest BCUT2D eigenvalue weighted by atomic mass is 9.86. The Labute approximate surface area is 155 Å². The number of aryl methyl sites for hydroxylation is 1. The quantitative estimate of drug-likeness (QED) is 0.646. The second-order valence-electron chi connectivity index (χ2n) is 7.48. The van der Waals surface area contributed by atoms with Crippen LogP contribution in [0.25, 0.3) is 0 Å². The number of hydrogen-bond donors (Lipinski definition) is 2. The van der Waals surface area contributed by atoms with E-state index >= 15 is 0 Å². The van der Waals surface area contributed by atoms with Gasteiger partial charge in [-0.05, 0) is 29.5 Å². The van der Waals surface area contributed by atoms with Crippen LogP contribution >= 0.6 is 0 Å². The molecule has 0 saturated heterocycles. The normalized spacial score (nSPS) is 11.2. The minimum atomic E-state index is 0.0435. The summed E-state index contributed by atoms with van der Waals surface area (Å²) in [6.45, 7) is 9.33. The zero-order valence-corrected chi connectivity index (χ0v) is 15.9. The average Bonchev–Trinajstić information content (AvgIpc) is 2.60. The van der Waals surface area contributed by atoms with Crippen LogP contribution in [0.15, 0.2) is 60.7 Å². The second-order valence-corrected chi connectivity index (χ2v) is 7.48. The van der Waals surface area contributed by atoms with Crippen molar-refractivity contribution in [2.45, 2.75) is 39.7 Å². The van der Waals surface area contributed by atoms with Crippen LogP contribution in [-0.4, -0.2) is 9.97 Å². The van der Waals surface area contributed by atoms with Crippen molar-refractivity contribution >= 4 is 17.5 Å². The van der Waals surface area contributed by atoms with Crippen LogP contribution in [-0.2, 0) is 12.0 Å². The zero-order valence-electron chi connectivity index (χ0n) is 15.9. The third kappa shape index (κ3) is 4.60. The van der Waals surface area contributed by atoms with Gasteiger partial charge in [0.25, 0.3) is 0 Å². The van der Waals surface area contributed by atoms with Crippen molar-refractivity contribution < 1.29 is 0 Å². The van der Waals surface area contributed by atoms with Gasteiger partial charge in [0.2, 0.25) is 5.95 Å². The van der Waals surface area contributed by atoms with E-state index in [1.165, 1.54) is 11.1 Å². The first kappa shape index (κ1) is 17.9. The predicted octanol–water partition coefficient (Wildman–Crippen LogP) is 5.44. The third-order valence-corrected chi connectivity index (χ3v) is 4.15. The number of nitrogens with one attached hydrogen (secondary N) is 2. The molecule has 2 aromatic carbocycles. The first-order chi connectivity index (χ1) is 12.4. The highest BCUT2D eigenvalue weighted by Crippen LogP contribution is 2.30. The molecule has 0 aliphatic rings. The highest BCUT2D eigenvalue weighted by molar-refractivity contribution is 5.61. The molecule has 134 valence electrons. The van der Waals surface area contributed by atoms with E-state index in [9.17, 15) is 0 Å². The molecule has 0 aliphatic carbocycles. The number of hydrogen-bond acceptors (Lipinski definition) is 4. The van der Waals surface area contributed by atoms with Crippen molar-refractivity contribution in [2.24, 2.45) is 0 Å². The molecule has 3 rings (SSSR count). The fraction of sp³-hybridized carbons (Fsp3) is 0.273. The molecule has 0 aliphatic heterocycles. The topological polar surface area (TPSA) is 49.8 Å². The van der Waals surface area contributed by atoms with Crippen LogP contribution in [0.5, 0.6) is 0 Å². The Morgan fingerprint density at radius 1 is 0.885 bits per heavy atom. The molecular formula is C22H26N4. The van der Waals surface area contributed by atoms with Gasteiger partial charge in [0.15, 0.2) is 0 Å². The third-order valence-electron chi connectivity index (χ3n) is 4.15. The minimum Gasteiger partial charge on any atom is -0.366 e. The van der Waals surface area contributed by atoms with E-state index in [1.807, 2.05) is 37.3 Å². The first-order valence-corrected chi connectivity index (χ1v) is 8.92. The molecule has 3 aromatic rings. The number of aromatic nitrogens is 2. The van der Waals surface area contributed by atoms with Gasteiger partial charge >= 0.3 is 0 Å². The van der Waals surface area contributed by atoms with Crippen molar-refractivity contribution in [3.05, 3.63) is 77.5 Å². The van der Waals surface area contributed by atoms with E-state index in [4.69, 9.17) is 0 Å². The molecule has 0 fully saturated rings. The fourth-order valence-corrected chi connectivity index (χ4v) is 2.87. The van der Waals surface area contributed by atoms with E-state index in [0.29, 0.717) is 5.95 Å².